The fourth-order valence-corrected chi connectivity index (χ4v) is 1.02. The van der Waals surface area contributed by atoms with Gasteiger partial charge in [-0.3, -0.25) is 0 Å². The zero-order chi connectivity index (χ0) is 9.94. The van der Waals surface area contributed by atoms with Gasteiger partial charge in [0.05, 0.1) is 19.5 Å². The smallest absolute Gasteiger partial charge is 0.0824 e. The molecule has 1 unspecified atom stereocenters. The van der Waals surface area contributed by atoms with Crippen molar-refractivity contribution in [2.24, 2.45) is 0 Å². The zero-order valence-corrected chi connectivity index (χ0v) is 8.57. The Bertz CT molecular complexity index is 150. The number of unbranched alkanes of at least 4 members (excludes halogenated alkanes) is 2. The third-order valence-corrected chi connectivity index (χ3v) is 1.76. The van der Waals surface area contributed by atoms with Crippen LogP contribution < -0.4 is 0 Å². The van der Waals surface area contributed by atoms with Crippen LogP contribution in [0, 0.1) is 0 Å². The molecule has 0 saturated heterocycles. The van der Waals surface area contributed by atoms with E-state index < -0.39 is 0 Å². The summed E-state index contributed by atoms with van der Waals surface area (Å²) in [7, 11) is 1.60. The summed E-state index contributed by atoms with van der Waals surface area (Å²) in [6.45, 7) is 2.16. The third-order valence-electron chi connectivity index (χ3n) is 1.76. The van der Waals surface area contributed by atoms with Crippen LogP contribution in [0.1, 0.15) is 32.6 Å². The van der Waals surface area contributed by atoms with Gasteiger partial charge in [0.25, 0.3) is 0 Å². The highest BCUT2D eigenvalue weighted by Crippen LogP contribution is 2.03. The molecule has 13 heavy (non-hydrogen) atoms. The van der Waals surface area contributed by atoms with Gasteiger partial charge in [-0.15, -0.1) is 0 Å². The van der Waals surface area contributed by atoms with Crippen molar-refractivity contribution in [2.45, 2.75) is 38.7 Å². The van der Waals surface area contributed by atoms with Crippen molar-refractivity contribution in [3.05, 3.63) is 24.5 Å². The van der Waals surface area contributed by atoms with Gasteiger partial charge in [0, 0.05) is 0 Å². The lowest BCUT2D eigenvalue weighted by Gasteiger charge is -2.02. The minimum Gasteiger partial charge on any atom is -0.504 e. The van der Waals surface area contributed by atoms with E-state index in [9.17, 15) is 5.11 Å². The van der Waals surface area contributed by atoms with E-state index in [-0.39, 0.29) is 6.10 Å². The maximum Gasteiger partial charge on any atom is 0.0824 e. The molecule has 0 aromatic carbocycles. The Morgan fingerprint density at radius 2 is 2.08 bits per heavy atom. The number of aliphatic hydroxyl groups is 1. The standard InChI is InChI=1S/C11H20O2/c1-3-4-5-8-11(12)9-6-7-10-13-2/h6-7,9-12H,3-5,8H2,1-2H3/b9-6-,10-7-. The van der Waals surface area contributed by atoms with E-state index in [0.717, 1.165) is 12.8 Å². The molecule has 2 heteroatoms. The molecule has 0 saturated carbocycles. The molecular weight excluding hydrogens is 164 g/mol. The average Bonchev–Trinajstić information content (AvgIpc) is 2.13. The Morgan fingerprint density at radius 3 is 2.69 bits per heavy atom. The van der Waals surface area contributed by atoms with Gasteiger partial charge in [-0.25, -0.2) is 0 Å². The topological polar surface area (TPSA) is 29.5 Å². The van der Waals surface area contributed by atoms with Crippen LogP contribution in [-0.2, 0) is 4.74 Å². The lowest BCUT2D eigenvalue weighted by Crippen LogP contribution is -2.00. The largest absolute Gasteiger partial charge is 0.504 e. The van der Waals surface area contributed by atoms with E-state index in [1.54, 1.807) is 31.6 Å². The van der Waals surface area contributed by atoms with E-state index in [2.05, 4.69) is 6.92 Å². The molecular formula is C11H20O2. The first-order valence-corrected chi connectivity index (χ1v) is 4.85. The highest BCUT2D eigenvalue weighted by molar-refractivity contribution is 5.02. The molecule has 0 aliphatic heterocycles. The summed E-state index contributed by atoms with van der Waals surface area (Å²) in [6, 6.07) is 0. The normalized spacial score (nSPS) is 14.1. The molecule has 0 aromatic heterocycles. The molecule has 0 aliphatic carbocycles. The van der Waals surface area contributed by atoms with Gasteiger partial charge >= 0.3 is 0 Å². The minimum absolute atomic E-state index is 0.312. The Morgan fingerprint density at radius 1 is 1.31 bits per heavy atom. The molecule has 0 radical (unpaired) electrons. The predicted octanol–water partition coefficient (Wildman–Crippen LogP) is 2.64. The first-order valence-electron chi connectivity index (χ1n) is 4.85. The van der Waals surface area contributed by atoms with Crippen LogP contribution in [0.5, 0.6) is 0 Å². The number of aliphatic hydroxyl groups excluding tert-OH is 1. The van der Waals surface area contributed by atoms with E-state index in [1.165, 1.54) is 12.8 Å². The lowest BCUT2D eigenvalue weighted by atomic mass is 10.1. The van der Waals surface area contributed by atoms with Crippen molar-refractivity contribution in [3.8, 4) is 0 Å². The molecule has 76 valence electrons. The maximum absolute atomic E-state index is 9.41. The van der Waals surface area contributed by atoms with Crippen LogP contribution in [0.15, 0.2) is 24.5 Å². The molecule has 0 aromatic rings. The molecule has 0 rings (SSSR count). The number of ether oxygens (including phenoxy) is 1. The minimum atomic E-state index is -0.312. The fraction of sp³-hybridized carbons (Fsp3) is 0.636. The van der Waals surface area contributed by atoms with E-state index in [1.807, 2.05) is 0 Å². The maximum atomic E-state index is 9.41. The molecule has 0 amide bonds. The number of methoxy groups -OCH3 is 1. The molecule has 1 N–H and O–H groups in total. The Hall–Kier alpha value is -0.760. The second-order valence-electron chi connectivity index (χ2n) is 3.01. The summed E-state index contributed by atoms with van der Waals surface area (Å²) in [5.41, 5.74) is 0. The quantitative estimate of drug-likeness (QED) is 0.374. The number of rotatable bonds is 7. The molecule has 0 fully saturated rings. The number of hydrogen-bond acceptors (Lipinski definition) is 2. The SMILES string of the molecule is CCCCCC(O)/C=C\C=C/OC. The fourth-order valence-electron chi connectivity index (χ4n) is 1.02. The van der Waals surface area contributed by atoms with Crippen LogP contribution >= 0.6 is 0 Å². The van der Waals surface area contributed by atoms with E-state index >= 15 is 0 Å². The zero-order valence-electron chi connectivity index (χ0n) is 8.57. The predicted molar refractivity (Wildman–Crippen MR) is 55.4 cm³/mol. The average molecular weight is 184 g/mol. The first-order chi connectivity index (χ1) is 6.31. The Kier molecular flexibility index (Phi) is 8.78. The summed E-state index contributed by atoms with van der Waals surface area (Å²) in [5.74, 6) is 0. The summed E-state index contributed by atoms with van der Waals surface area (Å²) in [4.78, 5) is 0. The van der Waals surface area contributed by atoms with Crippen molar-refractivity contribution in [1.82, 2.24) is 0 Å². The second-order valence-corrected chi connectivity index (χ2v) is 3.01. The summed E-state index contributed by atoms with van der Waals surface area (Å²) < 4.78 is 4.71. The van der Waals surface area contributed by atoms with Gasteiger partial charge in [0.1, 0.15) is 0 Å². The number of allylic oxidation sites excluding steroid dienone is 2. The van der Waals surface area contributed by atoms with Crippen molar-refractivity contribution in [1.29, 1.82) is 0 Å². The van der Waals surface area contributed by atoms with Crippen LogP contribution in [-0.4, -0.2) is 18.3 Å². The van der Waals surface area contributed by atoms with Crippen molar-refractivity contribution < 1.29 is 9.84 Å². The van der Waals surface area contributed by atoms with Gasteiger partial charge in [-0.2, -0.15) is 0 Å². The van der Waals surface area contributed by atoms with Crippen molar-refractivity contribution in [2.75, 3.05) is 7.11 Å². The highest BCUT2D eigenvalue weighted by atomic mass is 16.5. The van der Waals surface area contributed by atoms with Crippen LogP contribution in [0.2, 0.25) is 0 Å². The van der Waals surface area contributed by atoms with Gasteiger partial charge in [0.2, 0.25) is 0 Å². The van der Waals surface area contributed by atoms with Gasteiger partial charge in [-0.1, -0.05) is 38.3 Å². The summed E-state index contributed by atoms with van der Waals surface area (Å²) >= 11 is 0. The van der Waals surface area contributed by atoms with Crippen LogP contribution in [0.4, 0.5) is 0 Å². The lowest BCUT2D eigenvalue weighted by molar-refractivity contribution is 0.208. The Balaban J connectivity index is 3.43. The van der Waals surface area contributed by atoms with Gasteiger partial charge in [0.15, 0.2) is 0 Å². The second kappa shape index (κ2) is 9.33. The number of hydrogen-bond donors (Lipinski definition) is 1. The summed E-state index contributed by atoms with van der Waals surface area (Å²) in [6.07, 6.45) is 11.0. The van der Waals surface area contributed by atoms with E-state index in [0.29, 0.717) is 0 Å². The van der Waals surface area contributed by atoms with Crippen molar-refractivity contribution >= 4 is 0 Å². The van der Waals surface area contributed by atoms with E-state index in [4.69, 9.17) is 4.74 Å². The van der Waals surface area contributed by atoms with Crippen molar-refractivity contribution in [3.63, 3.8) is 0 Å². The third kappa shape index (κ3) is 9.15. The Labute approximate surface area is 80.9 Å². The van der Waals surface area contributed by atoms with Crippen LogP contribution in [0.3, 0.4) is 0 Å². The monoisotopic (exact) mass is 184 g/mol. The molecule has 0 spiro atoms. The van der Waals surface area contributed by atoms with Crippen LogP contribution in [0.25, 0.3) is 0 Å². The van der Waals surface area contributed by atoms with Gasteiger partial charge in [-0.05, 0) is 12.5 Å². The first kappa shape index (κ1) is 12.2. The summed E-state index contributed by atoms with van der Waals surface area (Å²) in [5, 5.41) is 9.41. The highest BCUT2D eigenvalue weighted by Gasteiger charge is 1.96. The molecule has 0 bridgehead atoms. The molecule has 0 aliphatic rings. The molecule has 1 atom stereocenters. The molecule has 0 heterocycles. The molecule has 2 nitrogen and oxygen atoms in total. The van der Waals surface area contributed by atoms with Gasteiger partial charge < -0.3 is 9.84 Å².